The van der Waals surface area contributed by atoms with Crippen LogP contribution in [0.4, 0.5) is 0 Å². The fraction of sp³-hybridized carbons (Fsp3) is 0.647. The third kappa shape index (κ3) is 3.71. The van der Waals surface area contributed by atoms with Gasteiger partial charge in [0.15, 0.2) is 8.32 Å². The Kier molecular flexibility index (Phi) is 4.72. The van der Waals surface area contributed by atoms with Gasteiger partial charge in [-0.25, -0.2) is 0 Å². The van der Waals surface area contributed by atoms with E-state index in [1.165, 1.54) is 16.7 Å². The normalized spacial score (nSPS) is 16.6. The molecular formula is C17H29NOSi. The van der Waals surface area contributed by atoms with E-state index in [0.717, 1.165) is 32.5 Å². The van der Waals surface area contributed by atoms with Crippen LogP contribution in [0.3, 0.4) is 0 Å². The lowest BCUT2D eigenvalue weighted by molar-refractivity contribution is 0.276. The Bertz CT molecular complexity index is 463. The van der Waals surface area contributed by atoms with Crippen LogP contribution in [0.2, 0.25) is 18.1 Å². The van der Waals surface area contributed by atoms with Crippen molar-refractivity contribution >= 4 is 8.32 Å². The molecule has 0 aliphatic carbocycles. The topological polar surface area (TPSA) is 21.3 Å². The van der Waals surface area contributed by atoms with Crippen LogP contribution in [0.25, 0.3) is 0 Å². The molecule has 1 N–H and O–H groups in total. The molecule has 112 valence electrons. The fourth-order valence-corrected chi connectivity index (χ4v) is 3.26. The first-order chi connectivity index (χ1) is 9.29. The van der Waals surface area contributed by atoms with Gasteiger partial charge in [0.1, 0.15) is 0 Å². The second-order valence-corrected chi connectivity index (χ2v) is 12.2. The zero-order valence-corrected chi connectivity index (χ0v) is 14.7. The Morgan fingerprint density at radius 1 is 1.10 bits per heavy atom. The standard InChI is InChI=1S/C17H29NOSi/c1-17(2,3)20(4,5)19-13-14-6-7-15-8-10-18-11-9-16(15)12-14/h6-7,12,18H,8-11,13H2,1-5H3. The highest BCUT2D eigenvalue weighted by atomic mass is 28.4. The maximum atomic E-state index is 6.33. The van der Waals surface area contributed by atoms with E-state index in [9.17, 15) is 0 Å². The predicted octanol–water partition coefficient (Wildman–Crippen LogP) is 3.90. The van der Waals surface area contributed by atoms with Crippen molar-refractivity contribution in [2.24, 2.45) is 0 Å². The number of hydrogen-bond donors (Lipinski definition) is 1. The van der Waals surface area contributed by atoms with Crippen LogP contribution >= 0.6 is 0 Å². The predicted molar refractivity (Wildman–Crippen MR) is 88.7 cm³/mol. The van der Waals surface area contributed by atoms with Gasteiger partial charge < -0.3 is 9.74 Å². The number of fused-ring (bicyclic) bond motifs is 1. The SMILES string of the molecule is CC(C)(C)[Si](C)(C)OCc1ccc2c(c1)CCNCC2. The molecule has 1 aliphatic heterocycles. The van der Waals surface area contributed by atoms with Crippen molar-refractivity contribution in [1.82, 2.24) is 5.32 Å². The van der Waals surface area contributed by atoms with E-state index in [-0.39, 0.29) is 5.04 Å². The highest BCUT2D eigenvalue weighted by Gasteiger charge is 2.37. The van der Waals surface area contributed by atoms with E-state index in [0.29, 0.717) is 0 Å². The molecule has 1 aliphatic rings. The van der Waals surface area contributed by atoms with Gasteiger partial charge in [0, 0.05) is 0 Å². The maximum Gasteiger partial charge on any atom is 0.192 e. The lowest BCUT2D eigenvalue weighted by Crippen LogP contribution is -2.40. The monoisotopic (exact) mass is 291 g/mol. The molecule has 0 saturated heterocycles. The van der Waals surface area contributed by atoms with E-state index in [4.69, 9.17) is 4.43 Å². The summed E-state index contributed by atoms with van der Waals surface area (Å²) in [7, 11) is -1.65. The van der Waals surface area contributed by atoms with E-state index in [1.54, 1.807) is 0 Å². The fourth-order valence-electron chi connectivity index (χ4n) is 2.30. The lowest BCUT2D eigenvalue weighted by atomic mass is 10.0. The van der Waals surface area contributed by atoms with Crippen LogP contribution in [-0.2, 0) is 23.9 Å². The summed E-state index contributed by atoms with van der Waals surface area (Å²) in [6, 6.07) is 6.90. The molecule has 1 aromatic rings. The summed E-state index contributed by atoms with van der Waals surface area (Å²) < 4.78 is 6.33. The van der Waals surface area contributed by atoms with E-state index < -0.39 is 8.32 Å². The summed E-state index contributed by atoms with van der Waals surface area (Å²) in [4.78, 5) is 0. The minimum Gasteiger partial charge on any atom is -0.413 e. The second-order valence-electron chi connectivity index (χ2n) is 7.40. The number of hydrogen-bond acceptors (Lipinski definition) is 2. The summed E-state index contributed by atoms with van der Waals surface area (Å²) in [6.07, 6.45) is 2.29. The Morgan fingerprint density at radius 3 is 2.40 bits per heavy atom. The minimum atomic E-state index is -1.65. The van der Waals surface area contributed by atoms with E-state index in [1.807, 2.05) is 0 Å². The van der Waals surface area contributed by atoms with Crippen molar-refractivity contribution in [3.05, 3.63) is 34.9 Å². The van der Waals surface area contributed by atoms with Crippen LogP contribution in [0.5, 0.6) is 0 Å². The van der Waals surface area contributed by atoms with Crippen molar-refractivity contribution in [3.8, 4) is 0 Å². The van der Waals surface area contributed by atoms with Crippen LogP contribution in [-0.4, -0.2) is 21.4 Å². The van der Waals surface area contributed by atoms with Gasteiger partial charge in [-0.05, 0) is 60.8 Å². The van der Waals surface area contributed by atoms with Gasteiger partial charge in [-0.15, -0.1) is 0 Å². The summed E-state index contributed by atoms with van der Waals surface area (Å²) >= 11 is 0. The molecule has 2 nitrogen and oxygen atoms in total. The minimum absolute atomic E-state index is 0.280. The van der Waals surface area contributed by atoms with Gasteiger partial charge in [-0.1, -0.05) is 39.0 Å². The first-order valence-electron chi connectivity index (χ1n) is 7.75. The van der Waals surface area contributed by atoms with Gasteiger partial charge in [-0.2, -0.15) is 0 Å². The largest absolute Gasteiger partial charge is 0.413 e. The molecule has 0 atom stereocenters. The first-order valence-corrected chi connectivity index (χ1v) is 10.7. The highest BCUT2D eigenvalue weighted by Crippen LogP contribution is 2.37. The molecule has 1 heterocycles. The molecule has 0 amide bonds. The van der Waals surface area contributed by atoms with Crippen molar-refractivity contribution in [3.63, 3.8) is 0 Å². The Balaban J connectivity index is 2.06. The third-order valence-electron chi connectivity index (χ3n) is 4.82. The van der Waals surface area contributed by atoms with Crippen molar-refractivity contribution < 1.29 is 4.43 Å². The molecule has 20 heavy (non-hydrogen) atoms. The molecule has 0 radical (unpaired) electrons. The van der Waals surface area contributed by atoms with Crippen molar-refractivity contribution in [2.75, 3.05) is 13.1 Å². The number of rotatable bonds is 3. The molecule has 2 rings (SSSR count). The summed E-state index contributed by atoms with van der Waals surface area (Å²) in [5.74, 6) is 0. The molecular weight excluding hydrogens is 262 g/mol. The van der Waals surface area contributed by atoms with Gasteiger partial charge in [0.25, 0.3) is 0 Å². The molecule has 0 spiro atoms. The van der Waals surface area contributed by atoms with Gasteiger partial charge >= 0.3 is 0 Å². The average Bonchev–Trinajstić information content (AvgIpc) is 2.59. The lowest BCUT2D eigenvalue weighted by Gasteiger charge is -2.36. The van der Waals surface area contributed by atoms with Crippen molar-refractivity contribution in [2.45, 2.75) is 58.4 Å². The van der Waals surface area contributed by atoms with Crippen LogP contribution < -0.4 is 5.32 Å². The molecule has 0 aromatic heterocycles. The maximum absolute atomic E-state index is 6.33. The highest BCUT2D eigenvalue weighted by molar-refractivity contribution is 6.74. The van der Waals surface area contributed by atoms with Crippen LogP contribution in [0.15, 0.2) is 18.2 Å². The summed E-state index contributed by atoms with van der Waals surface area (Å²) in [6.45, 7) is 14.5. The third-order valence-corrected chi connectivity index (χ3v) is 9.30. The number of benzene rings is 1. The molecule has 1 aromatic carbocycles. The van der Waals surface area contributed by atoms with Gasteiger partial charge in [0.05, 0.1) is 6.61 Å². The average molecular weight is 292 g/mol. The zero-order chi connectivity index (χ0) is 14.8. The number of nitrogens with one attached hydrogen (secondary N) is 1. The Morgan fingerprint density at radius 2 is 1.75 bits per heavy atom. The smallest absolute Gasteiger partial charge is 0.192 e. The molecule has 0 saturated carbocycles. The van der Waals surface area contributed by atoms with Crippen LogP contribution in [0.1, 0.15) is 37.5 Å². The first kappa shape index (κ1) is 15.7. The molecule has 0 bridgehead atoms. The van der Waals surface area contributed by atoms with Gasteiger partial charge in [0.2, 0.25) is 0 Å². The Labute approximate surface area is 125 Å². The van der Waals surface area contributed by atoms with E-state index in [2.05, 4.69) is 57.4 Å². The molecule has 3 heteroatoms. The zero-order valence-electron chi connectivity index (χ0n) is 13.7. The van der Waals surface area contributed by atoms with Crippen molar-refractivity contribution in [1.29, 1.82) is 0 Å². The quantitative estimate of drug-likeness (QED) is 0.853. The molecule has 0 unspecified atom stereocenters. The summed E-state index contributed by atoms with van der Waals surface area (Å²) in [5, 5.41) is 3.75. The van der Waals surface area contributed by atoms with Crippen LogP contribution in [0, 0.1) is 0 Å². The molecule has 0 fully saturated rings. The van der Waals surface area contributed by atoms with E-state index >= 15 is 0 Å². The van der Waals surface area contributed by atoms with Gasteiger partial charge in [-0.3, -0.25) is 0 Å². The Hall–Kier alpha value is -0.643. The second kappa shape index (κ2) is 6.00. The summed E-state index contributed by atoms with van der Waals surface area (Å²) in [5.41, 5.74) is 4.34.